The summed E-state index contributed by atoms with van der Waals surface area (Å²) in [6, 6.07) is 1.45. The van der Waals surface area contributed by atoms with E-state index in [-0.39, 0.29) is 10.5 Å². The van der Waals surface area contributed by atoms with Crippen molar-refractivity contribution in [2.45, 2.75) is 30.9 Å². The van der Waals surface area contributed by atoms with Crippen molar-refractivity contribution < 1.29 is 27.8 Å². The lowest BCUT2D eigenvalue weighted by molar-refractivity contribution is -0.141. The monoisotopic (exact) mass is 291 g/mol. The smallest absolute Gasteiger partial charge is 0.324 e. The van der Waals surface area contributed by atoms with Crippen LogP contribution in [0.3, 0.4) is 0 Å². The van der Waals surface area contributed by atoms with Crippen LogP contribution in [0.25, 0.3) is 0 Å². The number of hydrogen-bond acceptors (Lipinski definition) is 4. The molecule has 0 fully saturated rings. The Kier molecular flexibility index (Phi) is 4.61. The maximum atomic E-state index is 13.1. The molecular weight excluding hydrogens is 277 g/mol. The molecule has 0 aliphatic heterocycles. The zero-order chi connectivity index (χ0) is 14.8. The van der Waals surface area contributed by atoms with Crippen molar-refractivity contribution in [3.05, 3.63) is 29.6 Å². The van der Waals surface area contributed by atoms with E-state index < -0.39 is 34.0 Å². The van der Waals surface area contributed by atoms with Crippen molar-refractivity contribution >= 4 is 16.0 Å². The Morgan fingerprint density at radius 3 is 2.47 bits per heavy atom. The topological polar surface area (TPSA) is 104 Å². The van der Waals surface area contributed by atoms with E-state index in [1.54, 1.807) is 0 Å². The van der Waals surface area contributed by atoms with Crippen molar-refractivity contribution in [3.8, 4) is 0 Å². The second kappa shape index (κ2) is 5.64. The van der Waals surface area contributed by atoms with Crippen molar-refractivity contribution in [1.29, 1.82) is 0 Å². The van der Waals surface area contributed by atoms with Crippen molar-refractivity contribution in [2.24, 2.45) is 0 Å². The Morgan fingerprint density at radius 2 is 2.00 bits per heavy atom. The van der Waals surface area contributed by atoms with E-state index in [0.717, 1.165) is 19.1 Å². The third-order valence-corrected chi connectivity index (χ3v) is 4.05. The summed E-state index contributed by atoms with van der Waals surface area (Å²) in [7, 11) is -4.23. The lowest BCUT2D eigenvalue weighted by atomic mass is 10.2. The zero-order valence-corrected chi connectivity index (χ0v) is 11.1. The normalized spacial score (nSPS) is 14.9. The maximum absolute atomic E-state index is 13.1. The molecule has 1 rings (SSSR count). The van der Waals surface area contributed by atoms with E-state index in [4.69, 9.17) is 5.11 Å². The molecule has 6 nitrogen and oxygen atoms in total. The molecule has 0 saturated heterocycles. The molecule has 1 aromatic carbocycles. The summed E-state index contributed by atoms with van der Waals surface area (Å²) in [6.45, 7) is 2.59. The van der Waals surface area contributed by atoms with Gasteiger partial charge in [0.2, 0.25) is 10.0 Å². The van der Waals surface area contributed by atoms with E-state index in [2.05, 4.69) is 0 Å². The van der Waals surface area contributed by atoms with Gasteiger partial charge in [-0.3, -0.25) is 4.79 Å². The molecule has 2 atom stereocenters. The first kappa shape index (κ1) is 15.5. The average Bonchev–Trinajstić information content (AvgIpc) is 2.28. The molecule has 0 radical (unpaired) electrons. The quantitative estimate of drug-likeness (QED) is 0.721. The minimum absolute atomic E-state index is 0.267. The van der Waals surface area contributed by atoms with Crippen LogP contribution in [0.5, 0.6) is 0 Å². The lowest BCUT2D eigenvalue weighted by Gasteiger charge is -2.18. The van der Waals surface area contributed by atoms with Crippen LogP contribution in [0.2, 0.25) is 0 Å². The molecule has 0 amide bonds. The molecule has 0 aliphatic carbocycles. The molecule has 0 aliphatic rings. The van der Waals surface area contributed by atoms with Crippen LogP contribution in [0, 0.1) is 12.7 Å². The predicted molar refractivity (Wildman–Crippen MR) is 64.6 cm³/mol. The summed E-state index contributed by atoms with van der Waals surface area (Å²) in [5.74, 6) is -2.28. The van der Waals surface area contributed by atoms with Crippen LogP contribution in [0.4, 0.5) is 4.39 Å². The molecule has 19 heavy (non-hydrogen) atoms. The van der Waals surface area contributed by atoms with Crippen LogP contribution < -0.4 is 4.72 Å². The molecule has 0 heterocycles. The van der Waals surface area contributed by atoms with Gasteiger partial charge in [-0.05, 0) is 31.5 Å². The number of aliphatic hydroxyl groups is 1. The number of hydrogen-bond donors (Lipinski definition) is 3. The minimum atomic E-state index is -4.23. The van der Waals surface area contributed by atoms with Gasteiger partial charge in [0, 0.05) is 0 Å². The number of aliphatic carboxylic acids is 1. The third-order valence-electron chi connectivity index (χ3n) is 2.47. The van der Waals surface area contributed by atoms with Gasteiger partial charge >= 0.3 is 5.97 Å². The second-order valence-electron chi connectivity index (χ2n) is 4.09. The number of halogens is 1. The SMILES string of the molecule is Cc1ccc(F)cc1S(=O)(=O)NC(C(=O)O)C(C)O. The Bertz CT molecular complexity index is 585. The van der Waals surface area contributed by atoms with E-state index >= 15 is 0 Å². The standard InChI is InChI=1S/C11H14FNO5S/c1-6-3-4-8(12)5-9(6)19(17,18)13-10(7(2)14)11(15)16/h3-5,7,10,13-14H,1-2H3,(H,15,16). The molecule has 0 aromatic heterocycles. The fraction of sp³-hybridized carbons (Fsp3) is 0.364. The molecule has 8 heteroatoms. The first-order valence-electron chi connectivity index (χ1n) is 5.34. The Labute approximate surface area is 109 Å². The van der Waals surface area contributed by atoms with Crippen LogP contribution in [0.1, 0.15) is 12.5 Å². The number of rotatable bonds is 5. The fourth-order valence-corrected chi connectivity index (χ4v) is 2.97. The Morgan fingerprint density at radius 1 is 1.42 bits per heavy atom. The van der Waals surface area contributed by atoms with Gasteiger partial charge in [-0.25, -0.2) is 12.8 Å². The van der Waals surface area contributed by atoms with E-state index in [0.29, 0.717) is 0 Å². The van der Waals surface area contributed by atoms with Gasteiger partial charge in [0.1, 0.15) is 11.9 Å². The Balaban J connectivity index is 3.17. The first-order chi connectivity index (χ1) is 8.65. The molecule has 3 N–H and O–H groups in total. The van der Waals surface area contributed by atoms with Crippen molar-refractivity contribution in [2.75, 3.05) is 0 Å². The highest BCUT2D eigenvalue weighted by atomic mass is 32.2. The van der Waals surface area contributed by atoms with Crippen molar-refractivity contribution in [3.63, 3.8) is 0 Å². The van der Waals surface area contributed by atoms with Gasteiger partial charge in [0.15, 0.2) is 0 Å². The van der Waals surface area contributed by atoms with E-state index in [1.165, 1.54) is 13.0 Å². The van der Waals surface area contributed by atoms with Gasteiger partial charge in [-0.15, -0.1) is 0 Å². The van der Waals surface area contributed by atoms with E-state index in [1.807, 2.05) is 4.72 Å². The summed E-state index contributed by atoms with van der Waals surface area (Å²) in [6.07, 6.45) is -1.43. The highest BCUT2D eigenvalue weighted by molar-refractivity contribution is 7.89. The number of aryl methyl sites for hydroxylation is 1. The predicted octanol–water partition coefficient (Wildman–Crippen LogP) is 0.246. The van der Waals surface area contributed by atoms with Gasteiger partial charge in [0.05, 0.1) is 11.0 Å². The van der Waals surface area contributed by atoms with Crippen LogP contribution in [-0.2, 0) is 14.8 Å². The molecule has 0 spiro atoms. The number of carboxylic acid groups (broad SMARTS) is 1. The number of nitrogens with one attached hydrogen (secondary N) is 1. The third kappa shape index (κ3) is 3.72. The lowest BCUT2D eigenvalue weighted by Crippen LogP contribution is -2.47. The summed E-state index contributed by atoms with van der Waals surface area (Å²) >= 11 is 0. The molecule has 1 aromatic rings. The fourth-order valence-electron chi connectivity index (χ4n) is 1.45. The zero-order valence-electron chi connectivity index (χ0n) is 10.3. The Hall–Kier alpha value is -1.51. The average molecular weight is 291 g/mol. The maximum Gasteiger partial charge on any atom is 0.324 e. The largest absolute Gasteiger partial charge is 0.480 e. The highest BCUT2D eigenvalue weighted by Crippen LogP contribution is 2.17. The molecule has 2 unspecified atom stereocenters. The van der Waals surface area contributed by atoms with Gasteiger partial charge in [0.25, 0.3) is 0 Å². The number of carboxylic acids is 1. The second-order valence-corrected chi connectivity index (χ2v) is 5.77. The van der Waals surface area contributed by atoms with E-state index in [9.17, 15) is 22.7 Å². The van der Waals surface area contributed by atoms with Crippen LogP contribution in [0.15, 0.2) is 23.1 Å². The number of carbonyl (C=O) groups is 1. The highest BCUT2D eigenvalue weighted by Gasteiger charge is 2.30. The summed E-state index contributed by atoms with van der Waals surface area (Å²) in [4.78, 5) is 10.5. The molecule has 106 valence electrons. The number of benzene rings is 1. The van der Waals surface area contributed by atoms with Crippen LogP contribution in [-0.4, -0.2) is 36.7 Å². The molecular formula is C11H14FNO5S. The minimum Gasteiger partial charge on any atom is -0.480 e. The van der Waals surface area contributed by atoms with Gasteiger partial charge in [-0.2, -0.15) is 4.72 Å². The summed E-state index contributed by atoms with van der Waals surface area (Å²) < 4.78 is 38.9. The van der Waals surface area contributed by atoms with Crippen molar-refractivity contribution in [1.82, 2.24) is 4.72 Å². The van der Waals surface area contributed by atoms with Gasteiger partial charge in [-0.1, -0.05) is 6.07 Å². The number of sulfonamides is 1. The molecule has 0 saturated carbocycles. The molecule has 0 bridgehead atoms. The van der Waals surface area contributed by atoms with Crippen LogP contribution >= 0.6 is 0 Å². The number of aliphatic hydroxyl groups excluding tert-OH is 1. The first-order valence-corrected chi connectivity index (χ1v) is 6.83. The van der Waals surface area contributed by atoms with Gasteiger partial charge < -0.3 is 10.2 Å². The summed E-state index contributed by atoms with van der Waals surface area (Å²) in [5, 5.41) is 18.1. The summed E-state index contributed by atoms with van der Waals surface area (Å²) in [5.41, 5.74) is 0.267.